The van der Waals surface area contributed by atoms with Crippen molar-refractivity contribution >= 4 is 11.4 Å². The first-order chi connectivity index (χ1) is 13.5. The molecular formula is C26H32N2. The molecule has 0 aromatic heterocycles. The summed E-state index contributed by atoms with van der Waals surface area (Å²) in [6.45, 7) is 9.48. The minimum atomic E-state index is 0.0878. The molecule has 2 heterocycles. The second-order valence-electron chi connectivity index (χ2n) is 9.12. The summed E-state index contributed by atoms with van der Waals surface area (Å²) in [7, 11) is 0. The molecule has 1 aliphatic carbocycles. The molecule has 5 rings (SSSR count). The van der Waals surface area contributed by atoms with Gasteiger partial charge in [-0.3, -0.25) is 0 Å². The quantitative estimate of drug-likeness (QED) is 0.581. The van der Waals surface area contributed by atoms with Crippen LogP contribution in [0.2, 0.25) is 0 Å². The van der Waals surface area contributed by atoms with Crippen molar-refractivity contribution in [3.63, 3.8) is 0 Å². The van der Waals surface area contributed by atoms with E-state index in [0.29, 0.717) is 6.17 Å². The Kier molecular flexibility index (Phi) is 4.08. The molecule has 2 atom stereocenters. The first-order valence-corrected chi connectivity index (χ1v) is 11.0. The van der Waals surface area contributed by atoms with Crippen LogP contribution in [0.15, 0.2) is 54.2 Å². The molecule has 2 aromatic rings. The van der Waals surface area contributed by atoms with Crippen molar-refractivity contribution in [3.8, 4) is 0 Å². The van der Waals surface area contributed by atoms with Crippen molar-refractivity contribution in [1.29, 1.82) is 0 Å². The van der Waals surface area contributed by atoms with Crippen LogP contribution in [-0.2, 0) is 5.54 Å². The fraction of sp³-hybridized carbons (Fsp3) is 0.462. The minimum absolute atomic E-state index is 0.0878. The van der Waals surface area contributed by atoms with E-state index < -0.39 is 0 Å². The molecule has 3 aliphatic rings. The zero-order chi connectivity index (χ0) is 19.5. The lowest BCUT2D eigenvalue weighted by Crippen LogP contribution is -2.51. The van der Waals surface area contributed by atoms with Gasteiger partial charge < -0.3 is 9.80 Å². The Morgan fingerprint density at radius 3 is 2.32 bits per heavy atom. The van der Waals surface area contributed by atoms with E-state index in [2.05, 4.69) is 86.0 Å². The van der Waals surface area contributed by atoms with Crippen molar-refractivity contribution < 1.29 is 0 Å². The molecule has 2 aliphatic heterocycles. The number of nitrogens with zero attached hydrogens (tertiary/aromatic N) is 2. The van der Waals surface area contributed by atoms with E-state index in [0.717, 1.165) is 5.92 Å². The van der Waals surface area contributed by atoms with Gasteiger partial charge in [0.1, 0.15) is 6.17 Å². The molecule has 146 valence electrons. The third-order valence-electron chi connectivity index (χ3n) is 7.70. The molecule has 0 radical (unpaired) electrons. The molecule has 28 heavy (non-hydrogen) atoms. The lowest BCUT2D eigenvalue weighted by Gasteiger charge is -2.47. The molecule has 1 fully saturated rings. The third kappa shape index (κ3) is 2.27. The number of allylic oxidation sites excluding steroid dienone is 1. The van der Waals surface area contributed by atoms with Gasteiger partial charge in [0.05, 0.1) is 11.2 Å². The Morgan fingerprint density at radius 2 is 1.57 bits per heavy atom. The molecule has 2 aromatic carbocycles. The van der Waals surface area contributed by atoms with Gasteiger partial charge in [0.25, 0.3) is 0 Å². The number of para-hydroxylation sites is 1. The van der Waals surface area contributed by atoms with E-state index in [9.17, 15) is 0 Å². The maximum absolute atomic E-state index is 2.77. The van der Waals surface area contributed by atoms with Crippen LogP contribution in [-0.4, -0.2) is 11.1 Å². The molecule has 2 nitrogen and oxygen atoms in total. The minimum Gasteiger partial charge on any atom is -0.339 e. The zero-order valence-electron chi connectivity index (χ0n) is 17.7. The number of hydrogen-bond acceptors (Lipinski definition) is 2. The zero-order valence-corrected chi connectivity index (χ0v) is 17.7. The first-order valence-electron chi connectivity index (χ1n) is 11.0. The van der Waals surface area contributed by atoms with E-state index in [1.165, 1.54) is 60.3 Å². The van der Waals surface area contributed by atoms with Gasteiger partial charge >= 0.3 is 0 Å². The molecular weight excluding hydrogens is 340 g/mol. The number of fused-ring (bicyclic) bond motifs is 3. The van der Waals surface area contributed by atoms with Gasteiger partial charge in [0.2, 0.25) is 0 Å². The second-order valence-corrected chi connectivity index (χ2v) is 9.12. The SMILES string of the molecule is CC1=C2c3ccccc3C(C)(C3CCCCC3)N2C(C)N1c1ccccc1C. The van der Waals surface area contributed by atoms with Gasteiger partial charge in [-0.1, -0.05) is 61.7 Å². The first kappa shape index (κ1) is 17.8. The van der Waals surface area contributed by atoms with Crippen LogP contribution >= 0.6 is 0 Å². The standard InChI is InChI=1S/C26H32N2/c1-18-12-8-11-17-24(18)27-19(2)25-22-15-9-10-16-23(22)26(4,28(25)20(27)3)21-13-6-5-7-14-21/h8-12,15-17,20-21H,5-7,13-14H2,1-4H3. The molecule has 0 saturated heterocycles. The molecule has 0 N–H and O–H groups in total. The second kappa shape index (κ2) is 6.40. The topological polar surface area (TPSA) is 6.48 Å². The van der Waals surface area contributed by atoms with E-state index in [1.54, 1.807) is 5.56 Å². The van der Waals surface area contributed by atoms with Crippen molar-refractivity contribution in [2.45, 2.75) is 71.5 Å². The van der Waals surface area contributed by atoms with Gasteiger partial charge in [-0.05, 0) is 63.6 Å². The summed E-state index contributed by atoms with van der Waals surface area (Å²) in [6, 6.07) is 18.0. The number of hydrogen-bond donors (Lipinski definition) is 0. The fourth-order valence-corrected chi connectivity index (χ4v) is 6.37. The lowest BCUT2D eigenvalue weighted by atomic mass is 9.72. The highest BCUT2D eigenvalue weighted by Crippen LogP contribution is 2.58. The monoisotopic (exact) mass is 372 g/mol. The van der Waals surface area contributed by atoms with E-state index in [-0.39, 0.29) is 5.54 Å². The lowest BCUT2D eigenvalue weighted by molar-refractivity contribution is 0.0663. The third-order valence-corrected chi connectivity index (χ3v) is 7.70. The van der Waals surface area contributed by atoms with Crippen molar-refractivity contribution in [2.75, 3.05) is 4.90 Å². The molecule has 0 amide bonds. The van der Waals surface area contributed by atoms with Crippen LogP contribution in [0.25, 0.3) is 5.70 Å². The highest BCUT2D eigenvalue weighted by atomic mass is 15.5. The molecule has 2 heteroatoms. The maximum atomic E-state index is 2.77. The molecule has 0 spiro atoms. The van der Waals surface area contributed by atoms with E-state index >= 15 is 0 Å². The van der Waals surface area contributed by atoms with Crippen LogP contribution in [0.1, 0.15) is 69.6 Å². The maximum Gasteiger partial charge on any atom is 0.104 e. The van der Waals surface area contributed by atoms with Gasteiger partial charge in [0, 0.05) is 16.9 Å². The highest BCUT2D eigenvalue weighted by Gasteiger charge is 2.55. The summed E-state index contributed by atoms with van der Waals surface area (Å²) < 4.78 is 0. The van der Waals surface area contributed by atoms with Crippen LogP contribution in [0, 0.1) is 12.8 Å². The smallest absolute Gasteiger partial charge is 0.104 e. The summed E-state index contributed by atoms with van der Waals surface area (Å²) in [4.78, 5) is 5.34. The largest absolute Gasteiger partial charge is 0.339 e. The fourth-order valence-electron chi connectivity index (χ4n) is 6.37. The molecule has 1 saturated carbocycles. The predicted molar refractivity (Wildman–Crippen MR) is 118 cm³/mol. The van der Waals surface area contributed by atoms with Crippen LogP contribution in [0.5, 0.6) is 0 Å². The Labute approximate surface area is 169 Å². The summed E-state index contributed by atoms with van der Waals surface area (Å²) in [5.41, 5.74) is 8.64. The number of benzene rings is 2. The van der Waals surface area contributed by atoms with Gasteiger partial charge in [-0.15, -0.1) is 0 Å². The van der Waals surface area contributed by atoms with Crippen molar-refractivity contribution in [3.05, 3.63) is 70.9 Å². The summed E-state index contributed by atoms with van der Waals surface area (Å²) in [6.07, 6.45) is 7.19. The Balaban J connectivity index is 1.70. The van der Waals surface area contributed by atoms with Gasteiger partial charge in [-0.25, -0.2) is 0 Å². The average Bonchev–Trinajstić information content (AvgIpc) is 3.15. The van der Waals surface area contributed by atoms with Gasteiger partial charge in [-0.2, -0.15) is 0 Å². The van der Waals surface area contributed by atoms with Crippen LogP contribution < -0.4 is 4.90 Å². The predicted octanol–water partition coefficient (Wildman–Crippen LogP) is 6.66. The normalized spacial score (nSPS) is 27.4. The number of anilines is 1. The highest BCUT2D eigenvalue weighted by molar-refractivity contribution is 5.82. The van der Waals surface area contributed by atoms with Crippen molar-refractivity contribution in [2.24, 2.45) is 5.92 Å². The summed E-state index contributed by atoms with van der Waals surface area (Å²) in [5, 5.41) is 0. The van der Waals surface area contributed by atoms with E-state index in [4.69, 9.17) is 0 Å². The summed E-state index contributed by atoms with van der Waals surface area (Å²) in [5.74, 6) is 0.729. The number of aryl methyl sites for hydroxylation is 1. The Hall–Kier alpha value is -2.22. The van der Waals surface area contributed by atoms with Crippen LogP contribution in [0.4, 0.5) is 5.69 Å². The Morgan fingerprint density at radius 1 is 0.893 bits per heavy atom. The van der Waals surface area contributed by atoms with Crippen molar-refractivity contribution in [1.82, 2.24) is 4.90 Å². The summed E-state index contributed by atoms with van der Waals surface area (Å²) >= 11 is 0. The molecule has 2 unspecified atom stereocenters. The number of rotatable bonds is 2. The molecule has 0 bridgehead atoms. The van der Waals surface area contributed by atoms with Crippen LogP contribution in [0.3, 0.4) is 0 Å². The average molecular weight is 373 g/mol. The van der Waals surface area contributed by atoms with E-state index in [1.807, 2.05) is 0 Å². The van der Waals surface area contributed by atoms with Gasteiger partial charge in [0.15, 0.2) is 0 Å². The Bertz CT molecular complexity index is 937.